The van der Waals surface area contributed by atoms with Gasteiger partial charge in [-0.05, 0) is 32.9 Å². The number of halogens is 4. The molecule has 0 saturated carbocycles. The molecule has 0 fully saturated rings. The average Bonchev–Trinajstić information content (AvgIpc) is 2.79. The van der Waals surface area contributed by atoms with E-state index in [1.54, 1.807) is 23.3 Å². The third-order valence-corrected chi connectivity index (χ3v) is 3.92. The van der Waals surface area contributed by atoms with Crippen molar-refractivity contribution in [2.45, 2.75) is 37.7 Å². The third kappa shape index (κ3) is 7.74. The molecule has 110 valence electrons. The van der Waals surface area contributed by atoms with Gasteiger partial charge in [-0.2, -0.15) is 13.2 Å². The Kier molecular flexibility index (Phi) is 7.10. The quantitative estimate of drug-likeness (QED) is 0.531. The molecule has 0 aliphatic carbocycles. The molecule has 0 bridgehead atoms. The first-order valence-electron chi connectivity index (χ1n) is 6.15. The van der Waals surface area contributed by atoms with Crippen molar-refractivity contribution in [2.75, 3.05) is 20.1 Å². The number of aryl methyl sites for hydroxylation is 1. The van der Waals surface area contributed by atoms with Crippen molar-refractivity contribution in [1.82, 2.24) is 9.88 Å². The average molecular weight is 315 g/mol. The fraction of sp³-hybridized carbons (Fsp3) is 0.750. The Balaban J connectivity index is 2.10. The monoisotopic (exact) mass is 314 g/mol. The maximum Gasteiger partial charge on any atom is 0.390 e. The SMILES string of the molecule is CN(CCCCc1nc(CCl)cs1)CCC(F)(F)F. The Hall–Kier alpha value is -0.330. The highest BCUT2D eigenvalue weighted by molar-refractivity contribution is 7.09. The van der Waals surface area contributed by atoms with Crippen molar-refractivity contribution in [1.29, 1.82) is 0 Å². The molecule has 0 unspecified atom stereocenters. The predicted octanol–water partition coefficient (Wildman–Crippen LogP) is 4.09. The number of aromatic nitrogens is 1. The first-order chi connectivity index (χ1) is 8.90. The molecule has 2 nitrogen and oxygen atoms in total. The summed E-state index contributed by atoms with van der Waals surface area (Å²) in [5.41, 5.74) is 0.893. The maximum atomic E-state index is 12.0. The lowest BCUT2D eigenvalue weighted by Crippen LogP contribution is -2.25. The van der Waals surface area contributed by atoms with Gasteiger partial charge in [-0.15, -0.1) is 22.9 Å². The second-order valence-corrected chi connectivity index (χ2v) is 5.70. The number of nitrogens with zero attached hydrogens (tertiary/aromatic N) is 2. The van der Waals surface area contributed by atoms with Crippen LogP contribution in [0.1, 0.15) is 30.0 Å². The van der Waals surface area contributed by atoms with Crippen LogP contribution >= 0.6 is 22.9 Å². The summed E-state index contributed by atoms with van der Waals surface area (Å²) in [7, 11) is 1.72. The Morgan fingerprint density at radius 2 is 2.05 bits per heavy atom. The molecule has 0 N–H and O–H groups in total. The van der Waals surface area contributed by atoms with Crippen LogP contribution in [0.15, 0.2) is 5.38 Å². The molecule has 0 spiro atoms. The van der Waals surface area contributed by atoms with Gasteiger partial charge in [0, 0.05) is 11.9 Å². The van der Waals surface area contributed by atoms with E-state index in [2.05, 4.69) is 4.98 Å². The zero-order valence-corrected chi connectivity index (χ0v) is 12.4. The van der Waals surface area contributed by atoms with Crippen LogP contribution in [0.4, 0.5) is 13.2 Å². The summed E-state index contributed by atoms with van der Waals surface area (Å²) in [6, 6.07) is 0. The highest BCUT2D eigenvalue weighted by Gasteiger charge is 2.26. The molecule has 1 heterocycles. The van der Waals surface area contributed by atoms with Crippen LogP contribution in [-0.4, -0.2) is 36.2 Å². The van der Waals surface area contributed by atoms with Gasteiger partial charge < -0.3 is 4.90 Å². The summed E-state index contributed by atoms with van der Waals surface area (Å²) in [6.45, 7) is 0.751. The molecule has 0 radical (unpaired) electrons. The number of thiazole rings is 1. The minimum absolute atomic E-state index is 0.0666. The second-order valence-electron chi connectivity index (χ2n) is 4.49. The van der Waals surface area contributed by atoms with E-state index in [0.717, 1.165) is 30.0 Å². The molecule has 0 aromatic carbocycles. The van der Waals surface area contributed by atoms with Gasteiger partial charge in [-0.3, -0.25) is 0 Å². The lowest BCUT2D eigenvalue weighted by Gasteiger charge is -2.17. The summed E-state index contributed by atoms with van der Waals surface area (Å²) in [5, 5.41) is 2.99. The zero-order valence-electron chi connectivity index (χ0n) is 10.8. The summed E-state index contributed by atoms with van der Waals surface area (Å²) >= 11 is 7.25. The van der Waals surface area contributed by atoms with Gasteiger partial charge in [-0.25, -0.2) is 4.98 Å². The molecule has 7 heteroatoms. The highest BCUT2D eigenvalue weighted by Crippen LogP contribution is 2.19. The Morgan fingerprint density at radius 1 is 1.32 bits per heavy atom. The Labute approximate surface area is 120 Å². The van der Waals surface area contributed by atoms with E-state index in [9.17, 15) is 13.2 Å². The second kappa shape index (κ2) is 8.07. The molecule has 1 aromatic rings. The normalized spacial score (nSPS) is 12.3. The van der Waals surface area contributed by atoms with Crippen molar-refractivity contribution in [2.24, 2.45) is 0 Å². The van der Waals surface area contributed by atoms with E-state index in [1.807, 2.05) is 5.38 Å². The molecule has 1 aromatic heterocycles. The van der Waals surface area contributed by atoms with Crippen LogP contribution < -0.4 is 0 Å². The van der Waals surface area contributed by atoms with E-state index >= 15 is 0 Å². The lowest BCUT2D eigenvalue weighted by atomic mass is 10.2. The summed E-state index contributed by atoms with van der Waals surface area (Å²) in [5.74, 6) is 0.427. The van der Waals surface area contributed by atoms with Gasteiger partial charge in [0.1, 0.15) is 0 Å². The lowest BCUT2D eigenvalue weighted by molar-refractivity contribution is -0.137. The van der Waals surface area contributed by atoms with E-state index in [4.69, 9.17) is 11.6 Å². The third-order valence-electron chi connectivity index (χ3n) is 2.69. The summed E-state index contributed by atoms with van der Waals surface area (Å²) in [6.07, 6.45) is -2.12. The molecule has 19 heavy (non-hydrogen) atoms. The van der Waals surface area contributed by atoms with Crippen molar-refractivity contribution < 1.29 is 13.2 Å². The van der Waals surface area contributed by atoms with Gasteiger partial charge in [0.05, 0.1) is 23.0 Å². The summed E-state index contributed by atoms with van der Waals surface area (Å²) < 4.78 is 36.1. The van der Waals surface area contributed by atoms with Gasteiger partial charge >= 0.3 is 6.18 Å². The number of rotatable bonds is 8. The van der Waals surface area contributed by atoms with Gasteiger partial charge in [0.2, 0.25) is 0 Å². The number of alkyl halides is 4. The molecular formula is C12H18ClF3N2S. The molecule has 0 atom stereocenters. The van der Waals surface area contributed by atoms with Crippen LogP contribution in [0.25, 0.3) is 0 Å². The van der Waals surface area contributed by atoms with Crippen LogP contribution in [0.3, 0.4) is 0 Å². The first kappa shape index (κ1) is 16.7. The first-order valence-corrected chi connectivity index (χ1v) is 7.56. The van der Waals surface area contributed by atoms with E-state index < -0.39 is 12.6 Å². The van der Waals surface area contributed by atoms with Gasteiger partial charge in [0.15, 0.2) is 0 Å². The molecule has 0 aliphatic heterocycles. The van der Waals surface area contributed by atoms with Crippen LogP contribution in [0.5, 0.6) is 0 Å². The minimum atomic E-state index is -4.06. The zero-order chi connectivity index (χ0) is 14.3. The van der Waals surface area contributed by atoms with Crippen molar-refractivity contribution in [3.63, 3.8) is 0 Å². The number of unbranched alkanes of at least 4 members (excludes halogenated alkanes) is 1. The topological polar surface area (TPSA) is 16.1 Å². The molecule has 0 aliphatic rings. The smallest absolute Gasteiger partial charge is 0.306 e. The maximum absolute atomic E-state index is 12.0. The van der Waals surface area contributed by atoms with Crippen LogP contribution in [0, 0.1) is 0 Å². The fourth-order valence-corrected chi connectivity index (χ4v) is 2.68. The van der Waals surface area contributed by atoms with E-state index in [-0.39, 0.29) is 6.54 Å². The van der Waals surface area contributed by atoms with Crippen molar-refractivity contribution in [3.05, 3.63) is 16.1 Å². The Bertz CT molecular complexity index is 368. The molecular weight excluding hydrogens is 297 g/mol. The van der Waals surface area contributed by atoms with E-state index in [1.165, 1.54) is 0 Å². The largest absolute Gasteiger partial charge is 0.390 e. The molecule has 0 amide bonds. The van der Waals surface area contributed by atoms with Gasteiger partial charge in [0.25, 0.3) is 0 Å². The summed E-state index contributed by atoms with van der Waals surface area (Å²) in [4.78, 5) is 6.06. The fourth-order valence-electron chi connectivity index (χ4n) is 1.61. The van der Waals surface area contributed by atoms with Crippen molar-refractivity contribution in [3.8, 4) is 0 Å². The van der Waals surface area contributed by atoms with E-state index in [0.29, 0.717) is 12.4 Å². The van der Waals surface area contributed by atoms with Crippen LogP contribution in [-0.2, 0) is 12.3 Å². The predicted molar refractivity (Wildman–Crippen MR) is 72.8 cm³/mol. The minimum Gasteiger partial charge on any atom is -0.306 e. The number of hydrogen-bond donors (Lipinski definition) is 0. The molecule has 1 rings (SSSR count). The number of hydrogen-bond acceptors (Lipinski definition) is 3. The van der Waals surface area contributed by atoms with Gasteiger partial charge in [-0.1, -0.05) is 0 Å². The van der Waals surface area contributed by atoms with Crippen LogP contribution in [0.2, 0.25) is 0 Å². The standard InChI is InChI=1S/C12H18ClF3N2S/c1-18(7-5-12(14,15)16)6-3-2-4-11-17-10(8-13)9-19-11/h9H,2-8H2,1H3. The molecule has 0 saturated heterocycles. The Morgan fingerprint density at radius 3 is 2.63 bits per heavy atom. The van der Waals surface area contributed by atoms with Crippen molar-refractivity contribution >= 4 is 22.9 Å². The highest BCUT2D eigenvalue weighted by atomic mass is 35.5.